The van der Waals surface area contributed by atoms with Gasteiger partial charge in [-0.15, -0.1) is 0 Å². The summed E-state index contributed by atoms with van der Waals surface area (Å²) < 4.78 is 0. The molecule has 0 spiro atoms. The first kappa shape index (κ1) is 12.5. The van der Waals surface area contributed by atoms with E-state index in [9.17, 15) is 4.79 Å². The highest BCUT2D eigenvalue weighted by molar-refractivity contribution is 7.99. The summed E-state index contributed by atoms with van der Waals surface area (Å²) in [6, 6.07) is 9.37. The number of carbonyl (C=O) groups excluding carboxylic acids is 1. The number of thioether (sulfide) groups is 1. The monoisotopic (exact) mass is 250 g/mol. The third-order valence-corrected chi connectivity index (χ3v) is 3.80. The third kappa shape index (κ3) is 4.06. The normalized spacial score (nSPS) is 16.7. The molecule has 92 valence electrons. The molecule has 2 rings (SSSR count). The smallest absolute Gasteiger partial charge is 0.251 e. The SMILES string of the molecule is O=C(NCCN1CCSCC1)c1ccccc1. The van der Waals surface area contributed by atoms with Crippen molar-refractivity contribution in [3.63, 3.8) is 0 Å². The van der Waals surface area contributed by atoms with Crippen LogP contribution in [0, 0.1) is 0 Å². The summed E-state index contributed by atoms with van der Waals surface area (Å²) in [7, 11) is 0. The molecule has 0 bridgehead atoms. The standard InChI is InChI=1S/C13H18N2OS/c16-13(12-4-2-1-3-5-12)14-6-7-15-8-10-17-11-9-15/h1-5H,6-11H2,(H,14,16). The van der Waals surface area contributed by atoms with Gasteiger partial charge in [0.15, 0.2) is 0 Å². The lowest BCUT2D eigenvalue weighted by Crippen LogP contribution is -2.39. The molecule has 0 aliphatic carbocycles. The van der Waals surface area contributed by atoms with Crippen molar-refractivity contribution in [1.29, 1.82) is 0 Å². The highest BCUT2D eigenvalue weighted by Gasteiger charge is 2.10. The fourth-order valence-corrected chi connectivity index (χ4v) is 2.82. The lowest BCUT2D eigenvalue weighted by molar-refractivity contribution is 0.0949. The second-order valence-corrected chi connectivity index (χ2v) is 5.30. The van der Waals surface area contributed by atoms with Crippen LogP contribution in [0.15, 0.2) is 30.3 Å². The minimum atomic E-state index is 0.0250. The van der Waals surface area contributed by atoms with Gasteiger partial charge in [-0.2, -0.15) is 11.8 Å². The van der Waals surface area contributed by atoms with Gasteiger partial charge in [-0.05, 0) is 12.1 Å². The van der Waals surface area contributed by atoms with E-state index in [-0.39, 0.29) is 5.91 Å². The summed E-state index contributed by atoms with van der Waals surface area (Å²) >= 11 is 2.01. The van der Waals surface area contributed by atoms with E-state index in [0.29, 0.717) is 0 Å². The van der Waals surface area contributed by atoms with E-state index in [1.165, 1.54) is 11.5 Å². The largest absolute Gasteiger partial charge is 0.351 e. The molecule has 1 fully saturated rings. The quantitative estimate of drug-likeness (QED) is 0.878. The van der Waals surface area contributed by atoms with Gasteiger partial charge in [-0.25, -0.2) is 0 Å². The van der Waals surface area contributed by atoms with Crippen LogP contribution in [0.1, 0.15) is 10.4 Å². The molecular weight excluding hydrogens is 232 g/mol. The average molecular weight is 250 g/mol. The van der Waals surface area contributed by atoms with Crippen molar-refractivity contribution in [1.82, 2.24) is 10.2 Å². The van der Waals surface area contributed by atoms with Crippen LogP contribution in [0.2, 0.25) is 0 Å². The first-order valence-corrected chi connectivity index (χ1v) is 7.15. The van der Waals surface area contributed by atoms with Crippen molar-refractivity contribution in [2.75, 3.05) is 37.7 Å². The summed E-state index contributed by atoms with van der Waals surface area (Å²) in [6.45, 7) is 3.98. The summed E-state index contributed by atoms with van der Waals surface area (Å²) in [4.78, 5) is 14.2. The number of carbonyl (C=O) groups is 1. The van der Waals surface area contributed by atoms with Crippen LogP contribution in [0.4, 0.5) is 0 Å². The summed E-state index contributed by atoms with van der Waals surface area (Å²) in [6.07, 6.45) is 0. The highest BCUT2D eigenvalue weighted by atomic mass is 32.2. The summed E-state index contributed by atoms with van der Waals surface area (Å²) in [5.41, 5.74) is 0.738. The van der Waals surface area contributed by atoms with E-state index in [0.717, 1.165) is 31.7 Å². The first-order chi connectivity index (χ1) is 8.36. The molecule has 1 aliphatic rings. The molecule has 0 radical (unpaired) electrons. The maximum Gasteiger partial charge on any atom is 0.251 e. The summed E-state index contributed by atoms with van der Waals surface area (Å²) in [5, 5.41) is 2.96. The van der Waals surface area contributed by atoms with Gasteiger partial charge in [0, 0.05) is 43.2 Å². The number of hydrogen-bond acceptors (Lipinski definition) is 3. The molecule has 0 aromatic heterocycles. The zero-order valence-electron chi connectivity index (χ0n) is 9.89. The Morgan fingerprint density at radius 3 is 2.65 bits per heavy atom. The van der Waals surface area contributed by atoms with Gasteiger partial charge < -0.3 is 5.32 Å². The molecular formula is C13H18N2OS. The number of benzene rings is 1. The molecule has 1 aliphatic heterocycles. The minimum absolute atomic E-state index is 0.0250. The molecule has 17 heavy (non-hydrogen) atoms. The molecule has 1 amide bonds. The van der Waals surface area contributed by atoms with Crippen molar-refractivity contribution in [3.8, 4) is 0 Å². The Morgan fingerprint density at radius 1 is 1.24 bits per heavy atom. The van der Waals surface area contributed by atoms with Gasteiger partial charge in [-0.3, -0.25) is 9.69 Å². The van der Waals surface area contributed by atoms with Gasteiger partial charge in [-0.1, -0.05) is 18.2 Å². The van der Waals surface area contributed by atoms with E-state index in [1.54, 1.807) is 0 Å². The van der Waals surface area contributed by atoms with Crippen LogP contribution < -0.4 is 5.32 Å². The van der Waals surface area contributed by atoms with Crippen molar-refractivity contribution in [2.45, 2.75) is 0 Å². The lowest BCUT2D eigenvalue weighted by atomic mass is 10.2. The number of nitrogens with one attached hydrogen (secondary N) is 1. The maximum absolute atomic E-state index is 11.8. The summed E-state index contributed by atoms with van der Waals surface area (Å²) in [5.74, 6) is 2.45. The second kappa shape index (κ2) is 6.67. The molecule has 1 heterocycles. The molecule has 1 aromatic rings. The predicted octanol–water partition coefficient (Wildman–Crippen LogP) is 1.47. The van der Waals surface area contributed by atoms with Crippen molar-refractivity contribution in [2.24, 2.45) is 0 Å². The zero-order valence-corrected chi connectivity index (χ0v) is 10.7. The molecule has 1 saturated heterocycles. The third-order valence-electron chi connectivity index (χ3n) is 2.85. The van der Waals surface area contributed by atoms with Gasteiger partial charge in [0.1, 0.15) is 0 Å². The number of amides is 1. The van der Waals surface area contributed by atoms with Crippen molar-refractivity contribution >= 4 is 17.7 Å². The van der Waals surface area contributed by atoms with Crippen LogP contribution in [-0.4, -0.2) is 48.5 Å². The van der Waals surface area contributed by atoms with Crippen LogP contribution >= 0.6 is 11.8 Å². The van der Waals surface area contributed by atoms with Gasteiger partial charge >= 0.3 is 0 Å². The number of rotatable bonds is 4. The fourth-order valence-electron chi connectivity index (χ4n) is 1.84. The molecule has 0 atom stereocenters. The number of nitrogens with zero attached hydrogens (tertiary/aromatic N) is 1. The lowest BCUT2D eigenvalue weighted by Gasteiger charge is -2.25. The van der Waals surface area contributed by atoms with Gasteiger partial charge in [0.25, 0.3) is 5.91 Å². The van der Waals surface area contributed by atoms with Gasteiger partial charge in [0.05, 0.1) is 0 Å². The van der Waals surface area contributed by atoms with Crippen molar-refractivity contribution < 1.29 is 4.79 Å². The molecule has 1 aromatic carbocycles. The van der Waals surface area contributed by atoms with Gasteiger partial charge in [0.2, 0.25) is 0 Å². The van der Waals surface area contributed by atoms with E-state index in [1.807, 2.05) is 42.1 Å². The fraction of sp³-hybridized carbons (Fsp3) is 0.462. The Hall–Kier alpha value is -1.00. The maximum atomic E-state index is 11.8. The van der Waals surface area contributed by atoms with E-state index in [2.05, 4.69) is 10.2 Å². The predicted molar refractivity (Wildman–Crippen MR) is 72.5 cm³/mol. The highest BCUT2D eigenvalue weighted by Crippen LogP contribution is 2.08. The van der Waals surface area contributed by atoms with Crippen LogP contribution in [0.25, 0.3) is 0 Å². The average Bonchev–Trinajstić information content (AvgIpc) is 2.41. The second-order valence-electron chi connectivity index (χ2n) is 4.08. The Labute approximate surface area is 107 Å². The molecule has 4 heteroatoms. The van der Waals surface area contributed by atoms with E-state index < -0.39 is 0 Å². The molecule has 0 unspecified atom stereocenters. The molecule has 3 nitrogen and oxygen atoms in total. The molecule has 0 saturated carbocycles. The first-order valence-electron chi connectivity index (χ1n) is 5.99. The van der Waals surface area contributed by atoms with Crippen LogP contribution in [-0.2, 0) is 0 Å². The Bertz CT molecular complexity index is 350. The zero-order chi connectivity index (χ0) is 11.9. The van der Waals surface area contributed by atoms with E-state index >= 15 is 0 Å². The number of hydrogen-bond donors (Lipinski definition) is 1. The Balaban J connectivity index is 1.69. The molecule has 1 N–H and O–H groups in total. The van der Waals surface area contributed by atoms with Crippen LogP contribution in [0.5, 0.6) is 0 Å². The van der Waals surface area contributed by atoms with E-state index in [4.69, 9.17) is 0 Å². The van der Waals surface area contributed by atoms with Crippen molar-refractivity contribution in [3.05, 3.63) is 35.9 Å². The minimum Gasteiger partial charge on any atom is -0.351 e. The van der Waals surface area contributed by atoms with Crippen LogP contribution in [0.3, 0.4) is 0 Å². The topological polar surface area (TPSA) is 32.3 Å². The Morgan fingerprint density at radius 2 is 1.94 bits per heavy atom. The Kier molecular flexibility index (Phi) is 4.88.